The van der Waals surface area contributed by atoms with Gasteiger partial charge in [0, 0.05) is 0 Å². The molecule has 0 atom stereocenters. The summed E-state index contributed by atoms with van der Waals surface area (Å²) < 4.78 is 5.55. The Hall–Kier alpha value is -2.02. The number of aromatic nitrogens is 1. The van der Waals surface area contributed by atoms with E-state index in [4.69, 9.17) is 0 Å². The third-order valence-corrected chi connectivity index (χ3v) is 6.81. The number of hydrogen-bond donors (Lipinski definition) is 0. The van der Waals surface area contributed by atoms with Crippen LogP contribution >= 0.6 is 0 Å². The second-order valence-corrected chi connectivity index (χ2v) is 7.72. The molecule has 1 aliphatic rings. The van der Waals surface area contributed by atoms with Gasteiger partial charge in [-0.15, -0.1) is 0 Å². The van der Waals surface area contributed by atoms with Crippen molar-refractivity contribution in [2.45, 2.75) is 0 Å². The number of rotatable bonds is 0. The zero-order chi connectivity index (χ0) is 12.8. The van der Waals surface area contributed by atoms with E-state index in [9.17, 15) is 0 Å². The van der Waals surface area contributed by atoms with Gasteiger partial charge < -0.3 is 0 Å². The summed E-state index contributed by atoms with van der Waals surface area (Å²) in [6, 6.07) is 20.3. The summed E-state index contributed by atoms with van der Waals surface area (Å²) in [4.78, 5) is 0. The van der Waals surface area contributed by atoms with Crippen LogP contribution in [0.15, 0.2) is 54.6 Å². The molecule has 0 bridgehead atoms. The summed E-state index contributed by atoms with van der Waals surface area (Å²) in [5.41, 5.74) is 4.31. The van der Waals surface area contributed by atoms with E-state index in [1.807, 2.05) is 0 Å². The molecule has 0 saturated carbocycles. The van der Waals surface area contributed by atoms with Gasteiger partial charge in [0.15, 0.2) is 0 Å². The Morgan fingerprint density at radius 2 is 1.00 bits per heavy atom. The molecule has 5 aromatic rings. The van der Waals surface area contributed by atoms with Crippen LogP contribution in [0.3, 0.4) is 0 Å². The average molecular weight is 318 g/mol. The fourth-order valence-electron chi connectivity index (χ4n) is 3.78. The van der Waals surface area contributed by atoms with Crippen LogP contribution in [0.5, 0.6) is 0 Å². The molecule has 0 unspecified atom stereocenters. The van der Waals surface area contributed by atoms with E-state index in [-0.39, 0.29) is 0 Å². The normalized spacial score (nSPS) is 13.8. The van der Waals surface area contributed by atoms with Crippen molar-refractivity contribution in [2.24, 2.45) is 0 Å². The molecule has 1 nitrogen and oxygen atoms in total. The van der Waals surface area contributed by atoms with Crippen molar-refractivity contribution < 1.29 is 0 Å². The third kappa shape index (κ3) is 0.876. The van der Waals surface area contributed by atoms with E-state index in [0.29, 0.717) is 15.0 Å². The molecule has 0 radical (unpaired) electrons. The van der Waals surface area contributed by atoms with Gasteiger partial charge in [0.05, 0.1) is 0 Å². The van der Waals surface area contributed by atoms with Crippen molar-refractivity contribution in [3.8, 4) is 0 Å². The first-order chi connectivity index (χ1) is 9.93. The molecule has 3 heterocycles. The number of nitrogens with zero attached hydrogens (tertiary/aromatic N) is 1. The zero-order valence-electron chi connectivity index (χ0n) is 10.6. The van der Waals surface area contributed by atoms with Gasteiger partial charge in [-0.05, 0) is 0 Å². The van der Waals surface area contributed by atoms with Gasteiger partial charge in [-0.25, -0.2) is 0 Å². The predicted octanol–water partition coefficient (Wildman–Crippen LogP) is 2.81. The van der Waals surface area contributed by atoms with Crippen LogP contribution in [0.25, 0.3) is 38.1 Å². The summed E-state index contributed by atoms with van der Waals surface area (Å²) in [6.07, 6.45) is 0. The van der Waals surface area contributed by atoms with Crippen molar-refractivity contribution in [1.29, 1.82) is 0 Å². The molecule has 0 amide bonds. The number of benzene rings is 3. The second-order valence-electron chi connectivity index (χ2n) is 5.44. The van der Waals surface area contributed by atoms with Gasteiger partial charge in [0.25, 0.3) is 0 Å². The van der Waals surface area contributed by atoms with Crippen molar-refractivity contribution in [3.05, 3.63) is 54.6 Å². The van der Waals surface area contributed by atoms with Gasteiger partial charge in [-0.1, -0.05) is 0 Å². The molecule has 20 heavy (non-hydrogen) atoms. The van der Waals surface area contributed by atoms with Gasteiger partial charge in [-0.2, -0.15) is 0 Å². The maximum absolute atomic E-state index is 2.52. The van der Waals surface area contributed by atoms with Gasteiger partial charge in [0.2, 0.25) is 0 Å². The van der Waals surface area contributed by atoms with Crippen LogP contribution in [-0.2, 0) is 0 Å². The summed E-state index contributed by atoms with van der Waals surface area (Å²) >= 11 is 0.423. The Kier molecular flexibility index (Phi) is 1.48. The Morgan fingerprint density at radius 3 is 1.55 bits per heavy atom. The monoisotopic (exact) mass is 319 g/mol. The summed E-state index contributed by atoms with van der Waals surface area (Å²) in [5.74, 6) is 0. The van der Waals surface area contributed by atoms with Crippen molar-refractivity contribution in [1.82, 2.24) is 4.40 Å². The quantitative estimate of drug-likeness (QED) is 0.379. The first-order valence-electron chi connectivity index (χ1n) is 6.81. The molecule has 0 spiro atoms. The third-order valence-electron chi connectivity index (χ3n) is 4.51. The minimum atomic E-state index is 0.423. The van der Waals surface area contributed by atoms with E-state index in [2.05, 4.69) is 59.0 Å². The van der Waals surface area contributed by atoms with Crippen LogP contribution in [0.1, 0.15) is 0 Å². The van der Waals surface area contributed by atoms with E-state index in [1.165, 1.54) is 47.0 Å². The molecule has 0 fully saturated rings. The number of fused-ring (bicyclic) bond motifs is 2. The average Bonchev–Trinajstić information content (AvgIpc) is 3.01. The van der Waals surface area contributed by atoms with Crippen LogP contribution < -0.4 is 8.92 Å². The second kappa shape index (κ2) is 3.01. The predicted molar refractivity (Wildman–Crippen MR) is 86.1 cm³/mol. The number of para-hydroxylation sites is 3. The van der Waals surface area contributed by atoms with Crippen molar-refractivity contribution in [3.63, 3.8) is 0 Å². The molecular weight excluding hydrogens is 309 g/mol. The Labute approximate surface area is 121 Å². The molecule has 3 aromatic carbocycles. The Bertz CT molecular complexity index is 1080. The van der Waals surface area contributed by atoms with Crippen molar-refractivity contribution >= 4 is 62.0 Å². The molecular formula is C18H9NSe. The molecule has 6 rings (SSSR count). The van der Waals surface area contributed by atoms with Crippen LogP contribution in [0.4, 0.5) is 0 Å². The van der Waals surface area contributed by atoms with Crippen LogP contribution in [0, 0.1) is 0 Å². The molecule has 0 saturated heterocycles. The summed E-state index contributed by atoms with van der Waals surface area (Å²) in [7, 11) is 0. The van der Waals surface area contributed by atoms with Crippen molar-refractivity contribution in [2.75, 3.05) is 0 Å². The number of hydrogen-bond acceptors (Lipinski definition) is 0. The van der Waals surface area contributed by atoms with Crippen LogP contribution in [-0.4, -0.2) is 19.4 Å². The molecule has 2 heteroatoms. The SMILES string of the molecule is c1cc2c3c(c1)c1cccc4c5cccc(c5n3c14)[Se]2. The molecule has 92 valence electrons. The van der Waals surface area contributed by atoms with Gasteiger partial charge >= 0.3 is 121 Å². The van der Waals surface area contributed by atoms with E-state index in [0.717, 1.165) is 0 Å². The maximum atomic E-state index is 2.52. The first-order valence-corrected chi connectivity index (χ1v) is 8.52. The fraction of sp³-hybridized carbons (Fsp3) is 0. The topological polar surface area (TPSA) is 4.41 Å². The van der Waals surface area contributed by atoms with Crippen LogP contribution in [0.2, 0.25) is 0 Å². The minimum absolute atomic E-state index is 0.423. The molecule has 2 aromatic heterocycles. The Balaban J connectivity index is 2.21. The first kappa shape index (κ1) is 9.82. The summed E-state index contributed by atoms with van der Waals surface area (Å²) in [6.45, 7) is 0. The van der Waals surface area contributed by atoms with E-state index >= 15 is 0 Å². The molecule has 0 aliphatic carbocycles. The standard InChI is InChI=1S/C18H9NSe/c1-4-10-12-6-2-8-14-17(12)19-16(10)11(5-1)13-7-3-9-15(20-14)18(13)19/h1-9H. The van der Waals surface area contributed by atoms with E-state index in [1.54, 1.807) is 0 Å². The Morgan fingerprint density at radius 1 is 0.550 bits per heavy atom. The fourth-order valence-corrected chi connectivity index (χ4v) is 6.14. The molecule has 0 N–H and O–H groups in total. The molecule has 1 aliphatic heterocycles. The zero-order valence-corrected chi connectivity index (χ0v) is 12.3. The van der Waals surface area contributed by atoms with E-state index < -0.39 is 0 Å². The van der Waals surface area contributed by atoms with Gasteiger partial charge in [-0.3, -0.25) is 0 Å². The summed E-state index contributed by atoms with van der Waals surface area (Å²) in [5, 5.41) is 5.64. The van der Waals surface area contributed by atoms with Gasteiger partial charge in [0.1, 0.15) is 0 Å².